The minimum absolute atomic E-state index is 0.838. The van der Waals surface area contributed by atoms with Crippen LogP contribution in [0.5, 0.6) is 0 Å². The van der Waals surface area contributed by atoms with Gasteiger partial charge in [0, 0.05) is 5.70 Å². The Balaban J connectivity index is 5.25. The van der Waals surface area contributed by atoms with Gasteiger partial charge >= 0.3 is 0 Å². The molecular formula is C14H21N. The molecule has 0 spiro atoms. The monoisotopic (exact) mass is 203 g/mol. The minimum Gasteiger partial charge on any atom is -0.402 e. The van der Waals surface area contributed by atoms with Crippen molar-refractivity contribution in [3.05, 3.63) is 59.4 Å². The van der Waals surface area contributed by atoms with Crippen LogP contribution in [0.4, 0.5) is 0 Å². The standard InChI is InChI=1S/C14H21N/c1-6-9-13(7-2)14(8-3)10-11(4)12(5)15/h6-10H,3,15H2,1-2,4-5H3/b9-6-,12-11+,13-7+,14-10+. The van der Waals surface area contributed by atoms with Crippen LogP contribution in [0.3, 0.4) is 0 Å². The Morgan fingerprint density at radius 2 is 1.73 bits per heavy atom. The van der Waals surface area contributed by atoms with Crippen LogP contribution in [0.2, 0.25) is 0 Å². The fourth-order valence-corrected chi connectivity index (χ4v) is 1.15. The maximum Gasteiger partial charge on any atom is 0.00787 e. The fraction of sp³-hybridized carbons (Fsp3) is 0.286. The quantitative estimate of drug-likeness (QED) is 0.689. The van der Waals surface area contributed by atoms with Crippen molar-refractivity contribution in [2.75, 3.05) is 0 Å². The van der Waals surface area contributed by atoms with Gasteiger partial charge in [0.25, 0.3) is 0 Å². The van der Waals surface area contributed by atoms with E-state index in [1.54, 1.807) is 0 Å². The van der Waals surface area contributed by atoms with Gasteiger partial charge in [-0.15, -0.1) is 0 Å². The largest absolute Gasteiger partial charge is 0.402 e. The van der Waals surface area contributed by atoms with Gasteiger partial charge in [0.1, 0.15) is 0 Å². The fourth-order valence-electron chi connectivity index (χ4n) is 1.15. The molecule has 82 valence electrons. The molecule has 0 bridgehead atoms. The van der Waals surface area contributed by atoms with E-state index in [0.717, 1.165) is 22.4 Å². The molecule has 1 nitrogen and oxygen atoms in total. The van der Waals surface area contributed by atoms with E-state index in [1.807, 2.05) is 39.8 Å². The molecule has 0 amide bonds. The van der Waals surface area contributed by atoms with E-state index in [4.69, 9.17) is 5.73 Å². The third-order valence-corrected chi connectivity index (χ3v) is 2.20. The highest BCUT2D eigenvalue weighted by atomic mass is 14.5. The maximum absolute atomic E-state index is 5.72. The third kappa shape index (κ3) is 4.50. The molecule has 0 radical (unpaired) electrons. The molecule has 0 aromatic heterocycles. The first-order chi connectivity index (χ1) is 7.06. The highest BCUT2D eigenvalue weighted by molar-refractivity contribution is 5.48. The lowest BCUT2D eigenvalue weighted by Crippen LogP contribution is -1.94. The van der Waals surface area contributed by atoms with E-state index in [-0.39, 0.29) is 0 Å². The zero-order chi connectivity index (χ0) is 11.8. The number of nitrogens with two attached hydrogens (primary N) is 1. The summed E-state index contributed by atoms with van der Waals surface area (Å²) in [5.74, 6) is 0. The molecule has 0 rings (SSSR count). The lowest BCUT2D eigenvalue weighted by Gasteiger charge is -2.04. The van der Waals surface area contributed by atoms with Crippen molar-refractivity contribution in [2.24, 2.45) is 5.73 Å². The summed E-state index contributed by atoms with van der Waals surface area (Å²) in [6.07, 6.45) is 10.0. The van der Waals surface area contributed by atoms with Gasteiger partial charge in [-0.05, 0) is 50.5 Å². The smallest absolute Gasteiger partial charge is 0.00787 e. The van der Waals surface area contributed by atoms with Crippen LogP contribution in [0, 0.1) is 0 Å². The molecule has 0 fully saturated rings. The number of allylic oxidation sites excluding steroid dienone is 9. The van der Waals surface area contributed by atoms with Crippen molar-refractivity contribution >= 4 is 0 Å². The number of rotatable bonds is 4. The highest BCUT2D eigenvalue weighted by Crippen LogP contribution is 2.16. The average Bonchev–Trinajstić information content (AvgIpc) is 2.22. The van der Waals surface area contributed by atoms with Crippen molar-refractivity contribution in [2.45, 2.75) is 27.7 Å². The summed E-state index contributed by atoms with van der Waals surface area (Å²) >= 11 is 0. The van der Waals surface area contributed by atoms with Crippen molar-refractivity contribution in [3.8, 4) is 0 Å². The molecule has 2 N–H and O–H groups in total. The van der Waals surface area contributed by atoms with E-state index >= 15 is 0 Å². The lowest BCUT2D eigenvalue weighted by atomic mass is 10.0. The molecule has 1 heteroatoms. The topological polar surface area (TPSA) is 26.0 Å². The summed E-state index contributed by atoms with van der Waals surface area (Å²) in [7, 11) is 0. The second-order valence-electron chi connectivity index (χ2n) is 3.41. The van der Waals surface area contributed by atoms with E-state index in [0.29, 0.717) is 0 Å². The first-order valence-electron chi connectivity index (χ1n) is 5.13. The Kier molecular flexibility index (Phi) is 6.19. The van der Waals surface area contributed by atoms with Crippen LogP contribution in [0.15, 0.2) is 59.4 Å². The summed E-state index contributed by atoms with van der Waals surface area (Å²) in [6, 6.07) is 0. The Morgan fingerprint density at radius 3 is 2.07 bits per heavy atom. The predicted molar refractivity (Wildman–Crippen MR) is 69.4 cm³/mol. The van der Waals surface area contributed by atoms with Crippen LogP contribution in [0.25, 0.3) is 0 Å². The normalized spacial score (nSPS) is 15.5. The van der Waals surface area contributed by atoms with Gasteiger partial charge in [0.15, 0.2) is 0 Å². The van der Waals surface area contributed by atoms with Crippen molar-refractivity contribution in [1.82, 2.24) is 0 Å². The zero-order valence-corrected chi connectivity index (χ0v) is 10.2. The second kappa shape index (κ2) is 6.88. The van der Waals surface area contributed by atoms with E-state index in [2.05, 4.69) is 24.8 Å². The van der Waals surface area contributed by atoms with Crippen molar-refractivity contribution in [1.29, 1.82) is 0 Å². The molecule has 0 aliphatic heterocycles. The SMILES string of the molecule is C=CC(=C\C(C)=C(/C)N)/C(/C=C\C)=C/C. The number of hydrogen-bond donors (Lipinski definition) is 1. The highest BCUT2D eigenvalue weighted by Gasteiger charge is 1.97. The lowest BCUT2D eigenvalue weighted by molar-refractivity contribution is 1.23. The Hall–Kier alpha value is -1.50. The molecule has 0 heterocycles. The molecular weight excluding hydrogens is 182 g/mol. The van der Waals surface area contributed by atoms with Crippen LogP contribution in [0.1, 0.15) is 27.7 Å². The van der Waals surface area contributed by atoms with Crippen LogP contribution in [-0.4, -0.2) is 0 Å². The van der Waals surface area contributed by atoms with Gasteiger partial charge in [0.05, 0.1) is 0 Å². The van der Waals surface area contributed by atoms with Gasteiger partial charge in [0.2, 0.25) is 0 Å². The summed E-state index contributed by atoms with van der Waals surface area (Å²) < 4.78 is 0. The first-order valence-corrected chi connectivity index (χ1v) is 5.13. The summed E-state index contributed by atoms with van der Waals surface area (Å²) in [6.45, 7) is 11.7. The zero-order valence-electron chi connectivity index (χ0n) is 10.2. The number of hydrogen-bond acceptors (Lipinski definition) is 1. The first kappa shape index (κ1) is 13.5. The average molecular weight is 203 g/mol. The summed E-state index contributed by atoms with van der Waals surface area (Å²) in [5.41, 5.74) is 9.89. The summed E-state index contributed by atoms with van der Waals surface area (Å²) in [5, 5.41) is 0. The van der Waals surface area contributed by atoms with E-state index < -0.39 is 0 Å². The van der Waals surface area contributed by atoms with Crippen molar-refractivity contribution < 1.29 is 0 Å². The van der Waals surface area contributed by atoms with Gasteiger partial charge < -0.3 is 5.73 Å². The molecule has 0 aromatic carbocycles. The Bertz CT molecular complexity index is 334. The van der Waals surface area contributed by atoms with Gasteiger partial charge in [-0.1, -0.05) is 30.9 Å². The van der Waals surface area contributed by atoms with Crippen LogP contribution >= 0.6 is 0 Å². The second-order valence-corrected chi connectivity index (χ2v) is 3.41. The van der Waals surface area contributed by atoms with Crippen molar-refractivity contribution in [3.63, 3.8) is 0 Å². The molecule has 0 unspecified atom stereocenters. The molecule has 0 saturated heterocycles. The molecule has 0 atom stereocenters. The molecule has 0 saturated carbocycles. The van der Waals surface area contributed by atoms with E-state index in [9.17, 15) is 0 Å². The third-order valence-electron chi connectivity index (χ3n) is 2.20. The Labute approximate surface area is 93.4 Å². The molecule has 0 aliphatic rings. The molecule has 0 aromatic rings. The maximum atomic E-state index is 5.72. The van der Waals surface area contributed by atoms with E-state index in [1.165, 1.54) is 0 Å². The minimum atomic E-state index is 0.838. The van der Waals surface area contributed by atoms with Gasteiger partial charge in [-0.25, -0.2) is 0 Å². The summed E-state index contributed by atoms with van der Waals surface area (Å²) in [4.78, 5) is 0. The molecule has 15 heavy (non-hydrogen) atoms. The Morgan fingerprint density at radius 1 is 1.13 bits per heavy atom. The van der Waals surface area contributed by atoms with Crippen LogP contribution < -0.4 is 5.73 Å². The predicted octanol–water partition coefficient (Wildman–Crippen LogP) is 3.87. The van der Waals surface area contributed by atoms with Crippen LogP contribution in [-0.2, 0) is 0 Å². The van der Waals surface area contributed by atoms with Gasteiger partial charge in [-0.2, -0.15) is 0 Å². The molecule has 0 aliphatic carbocycles. The van der Waals surface area contributed by atoms with Gasteiger partial charge in [-0.3, -0.25) is 0 Å².